The Bertz CT molecular complexity index is 148. The molecule has 0 aromatic rings. The highest BCUT2D eigenvalue weighted by Gasteiger charge is 2.26. The van der Waals surface area contributed by atoms with Crippen molar-refractivity contribution in [2.24, 2.45) is 0 Å². The number of aliphatic hydroxyl groups excluding tert-OH is 1. The van der Waals surface area contributed by atoms with Gasteiger partial charge in [-0.05, 0) is 33.2 Å². The van der Waals surface area contributed by atoms with E-state index in [1.807, 2.05) is 0 Å². The van der Waals surface area contributed by atoms with Gasteiger partial charge in [0.1, 0.15) is 0 Å². The maximum absolute atomic E-state index is 8.66. The third-order valence-electron chi connectivity index (χ3n) is 2.39. The van der Waals surface area contributed by atoms with Crippen LogP contribution in [0.1, 0.15) is 26.7 Å². The number of nitrogens with zero attached hydrogens (tertiary/aromatic N) is 1. The van der Waals surface area contributed by atoms with Crippen LogP contribution in [0.3, 0.4) is 0 Å². The summed E-state index contributed by atoms with van der Waals surface area (Å²) in [6.07, 6.45) is 2.00. The van der Waals surface area contributed by atoms with Crippen LogP contribution < -0.4 is 0 Å². The molecule has 0 unspecified atom stereocenters. The first-order valence-corrected chi connectivity index (χ1v) is 5.11. The third kappa shape index (κ3) is 4.07. The summed E-state index contributed by atoms with van der Waals surface area (Å²) in [5, 5.41) is 8.66. The van der Waals surface area contributed by atoms with Gasteiger partial charge in [-0.3, -0.25) is 4.90 Å². The van der Waals surface area contributed by atoms with Gasteiger partial charge in [0, 0.05) is 19.7 Å². The van der Waals surface area contributed by atoms with E-state index < -0.39 is 0 Å². The summed E-state index contributed by atoms with van der Waals surface area (Å²) in [7, 11) is 0. The molecule has 0 aromatic heterocycles. The van der Waals surface area contributed by atoms with Crippen molar-refractivity contribution in [3.05, 3.63) is 0 Å². The average molecular weight is 187 g/mol. The maximum Gasteiger partial charge on any atom is 0.0753 e. The molecule has 0 bridgehead atoms. The van der Waals surface area contributed by atoms with Gasteiger partial charge in [-0.25, -0.2) is 0 Å². The van der Waals surface area contributed by atoms with Gasteiger partial charge in [0.15, 0.2) is 0 Å². The van der Waals surface area contributed by atoms with Crippen molar-refractivity contribution in [3.8, 4) is 0 Å². The minimum Gasteiger partial charge on any atom is -0.396 e. The summed E-state index contributed by atoms with van der Waals surface area (Å²) in [4.78, 5) is 2.42. The van der Waals surface area contributed by atoms with Gasteiger partial charge in [0.25, 0.3) is 0 Å². The molecule has 1 rings (SSSR count). The lowest BCUT2D eigenvalue weighted by Gasteiger charge is -2.38. The number of aliphatic hydroxyl groups is 1. The Balaban J connectivity index is 2.19. The van der Waals surface area contributed by atoms with Gasteiger partial charge in [-0.15, -0.1) is 0 Å². The van der Waals surface area contributed by atoms with E-state index in [1.54, 1.807) is 0 Å². The van der Waals surface area contributed by atoms with Gasteiger partial charge in [0.2, 0.25) is 0 Å². The minimum atomic E-state index is 0.0114. The predicted molar refractivity (Wildman–Crippen MR) is 52.8 cm³/mol. The third-order valence-corrected chi connectivity index (χ3v) is 2.39. The SMILES string of the molecule is CC1(C)CN(CCCCO)CCO1. The number of rotatable bonds is 4. The van der Waals surface area contributed by atoms with E-state index in [9.17, 15) is 0 Å². The van der Waals surface area contributed by atoms with Crippen LogP contribution in [0, 0.1) is 0 Å². The Labute approximate surface area is 80.7 Å². The molecule has 1 saturated heterocycles. The molecule has 3 nitrogen and oxygen atoms in total. The molecular formula is C10H21NO2. The Morgan fingerprint density at radius 2 is 2.15 bits per heavy atom. The van der Waals surface area contributed by atoms with E-state index in [-0.39, 0.29) is 5.60 Å². The summed E-state index contributed by atoms with van der Waals surface area (Å²) in [5.41, 5.74) is 0.0114. The van der Waals surface area contributed by atoms with Crippen LogP contribution in [0.5, 0.6) is 0 Å². The number of ether oxygens (including phenoxy) is 1. The normalized spacial score (nSPS) is 23.3. The molecule has 1 N–H and O–H groups in total. The zero-order valence-corrected chi connectivity index (χ0v) is 8.75. The summed E-state index contributed by atoms with van der Waals surface area (Å²) < 4.78 is 5.61. The van der Waals surface area contributed by atoms with Crippen LogP contribution in [0.15, 0.2) is 0 Å². The predicted octanol–water partition coefficient (Wildman–Crippen LogP) is 0.870. The molecule has 1 heterocycles. The van der Waals surface area contributed by atoms with Gasteiger partial charge >= 0.3 is 0 Å². The zero-order valence-electron chi connectivity index (χ0n) is 8.75. The van der Waals surface area contributed by atoms with Crippen molar-refractivity contribution < 1.29 is 9.84 Å². The Morgan fingerprint density at radius 3 is 2.77 bits per heavy atom. The van der Waals surface area contributed by atoms with Crippen LogP contribution in [-0.2, 0) is 4.74 Å². The van der Waals surface area contributed by atoms with E-state index in [0.29, 0.717) is 6.61 Å². The topological polar surface area (TPSA) is 32.7 Å². The van der Waals surface area contributed by atoms with Crippen molar-refractivity contribution >= 4 is 0 Å². The summed E-state index contributed by atoms with van der Waals surface area (Å²) in [6.45, 7) is 8.55. The van der Waals surface area contributed by atoms with Crippen LogP contribution in [0.25, 0.3) is 0 Å². The molecule has 3 heteroatoms. The molecule has 0 spiro atoms. The molecule has 0 saturated carbocycles. The summed E-state index contributed by atoms with van der Waals surface area (Å²) in [6, 6.07) is 0. The minimum absolute atomic E-state index is 0.0114. The highest BCUT2D eigenvalue weighted by atomic mass is 16.5. The fourth-order valence-electron chi connectivity index (χ4n) is 1.75. The number of hydrogen-bond donors (Lipinski definition) is 1. The lowest BCUT2D eigenvalue weighted by molar-refractivity contribution is -0.0862. The lowest BCUT2D eigenvalue weighted by Crippen LogP contribution is -2.48. The lowest BCUT2D eigenvalue weighted by atomic mass is 10.1. The van der Waals surface area contributed by atoms with Crippen molar-refractivity contribution in [2.45, 2.75) is 32.3 Å². The van der Waals surface area contributed by atoms with E-state index >= 15 is 0 Å². The number of hydrogen-bond acceptors (Lipinski definition) is 3. The van der Waals surface area contributed by atoms with Crippen molar-refractivity contribution in [1.82, 2.24) is 4.90 Å². The molecular weight excluding hydrogens is 166 g/mol. The largest absolute Gasteiger partial charge is 0.396 e. The van der Waals surface area contributed by atoms with Crippen molar-refractivity contribution in [2.75, 3.05) is 32.8 Å². The monoisotopic (exact) mass is 187 g/mol. The first kappa shape index (κ1) is 11.0. The van der Waals surface area contributed by atoms with Crippen LogP contribution in [-0.4, -0.2) is 48.5 Å². The highest BCUT2D eigenvalue weighted by molar-refractivity contribution is 4.78. The van der Waals surface area contributed by atoms with Crippen LogP contribution >= 0.6 is 0 Å². The second kappa shape index (κ2) is 4.94. The van der Waals surface area contributed by atoms with Crippen LogP contribution in [0.2, 0.25) is 0 Å². The molecule has 1 fully saturated rings. The average Bonchev–Trinajstić information content (AvgIpc) is 2.03. The quantitative estimate of drug-likeness (QED) is 0.663. The molecule has 0 aromatic carbocycles. The van der Waals surface area contributed by atoms with Crippen molar-refractivity contribution in [3.63, 3.8) is 0 Å². The fourth-order valence-corrected chi connectivity index (χ4v) is 1.75. The van der Waals surface area contributed by atoms with Gasteiger partial charge in [0.05, 0.1) is 12.2 Å². The van der Waals surface area contributed by atoms with E-state index in [4.69, 9.17) is 9.84 Å². The first-order valence-electron chi connectivity index (χ1n) is 5.11. The molecule has 1 aliphatic heterocycles. The molecule has 78 valence electrons. The van der Waals surface area contributed by atoms with E-state index in [0.717, 1.165) is 39.1 Å². The van der Waals surface area contributed by atoms with E-state index in [2.05, 4.69) is 18.7 Å². The first-order chi connectivity index (χ1) is 6.14. The molecule has 0 radical (unpaired) electrons. The smallest absolute Gasteiger partial charge is 0.0753 e. The highest BCUT2D eigenvalue weighted by Crippen LogP contribution is 2.16. The van der Waals surface area contributed by atoms with Gasteiger partial charge < -0.3 is 9.84 Å². The fraction of sp³-hybridized carbons (Fsp3) is 1.00. The standard InChI is InChI=1S/C10H21NO2/c1-10(2)9-11(6-8-13-10)5-3-4-7-12/h12H,3-9H2,1-2H3. The summed E-state index contributed by atoms with van der Waals surface area (Å²) in [5.74, 6) is 0. The van der Waals surface area contributed by atoms with Gasteiger partial charge in [-0.2, -0.15) is 0 Å². The molecule has 13 heavy (non-hydrogen) atoms. The molecule has 0 aliphatic carbocycles. The zero-order chi connectivity index (χ0) is 9.73. The van der Waals surface area contributed by atoms with E-state index in [1.165, 1.54) is 0 Å². The number of morpholine rings is 1. The van der Waals surface area contributed by atoms with Crippen molar-refractivity contribution in [1.29, 1.82) is 0 Å². The number of unbranched alkanes of at least 4 members (excludes halogenated alkanes) is 1. The Morgan fingerprint density at radius 1 is 1.38 bits per heavy atom. The molecule has 1 aliphatic rings. The molecule has 0 atom stereocenters. The maximum atomic E-state index is 8.66. The second-order valence-electron chi connectivity index (χ2n) is 4.32. The van der Waals surface area contributed by atoms with Gasteiger partial charge in [-0.1, -0.05) is 0 Å². The summed E-state index contributed by atoms with van der Waals surface area (Å²) >= 11 is 0. The Hall–Kier alpha value is -0.120. The Kier molecular flexibility index (Phi) is 4.16. The molecule has 0 amide bonds. The van der Waals surface area contributed by atoms with Crippen LogP contribution in [0.4, 0.5) is 0 Å². The second-order valence-corrected chi connectivity index (χ2v) is 4.32.